The topological polar surface area (TPSA) is 48.5 Å². The SMILES string of the molecule is O=C(c1ccc(Nc2ccc(N3CCCCC3)cc2)cn1)N1CCCCC1. The zero-order valence-electron chi connectivity index (χ0n) is 15.9. The number of aromatic nitrogens is 1. The fraction of sp³-hybridized carbons (Fsp3) is 0.455. The summed E-state index contributed by atoms with van der Waals surface area (Å²) in [6, 6.07) is 12.3. The summed E-state index contributed by atoms with van der Waals surface area (Å²) in [4.78, 5) is 21.2. The molecule has 0 radical (unpaired) electrons. The van der Waals surface area contributed by atoms with Crippen molar-refractivity contribution in [3.8, 4) is 0 Å². The van der Waals surface area contributed by atoms with Crippen molar-refractivity contribution in [1.29, 1.82) is 0 Å². The molecule has 2 fully saturated rings. The average molecular weight is 364 g/mol. The summed E-state index contributed by atoms with van der Waals surface area (Å²) >= 11 is 0. The van der Waals surface area contributed by atoms with Crippen LogP contribution < -0.4 is 10.2 Å². The number of likely N-dealkylation sites (tertiary alicyclic amines) is 1. The van der Waals surface area contributed by atoms with Gasteiger partial charge in [0.2, 0.25) is 0 Å². The maximum atomic E-state index is 12.5. The number of nitrogens with zero attached hydrogens (tertiary/aromatic N) is 3. The third-order valence-corrected chi connectivity index (χ3v) is 5.50. The number of hydrogen-bond acceptors (Lipinski definition) is 4. The van der Waals surface area contributed by atoms with E-state index in [1.54, 1.807) is 6.20 Å². The predicted octanol–water partition coefficient (Wildman–Crippen LogP) is 4.44. The molecule has 0 atom stereocenters. The summed E-state index contributed by atoms with van der Waals surface area (Å²) < 4.78 is 0. The summed E-state index contributed by atoms with van der Waals surface area (Å²) in [7, 11) is 0. The Morgan fingerprint density at radius 1 is 0.778 bits per heavy atom. The lowest BCUT2D eigenvalue weighted by molar-refractivity contribution is 0.0718. The summed E-state index contributed by atoms with van der Waals surface area (Å²) in [5.41, 5.74) is 3.76. The Morgan fingerprint density at radius 3 is 2.04 bits per heavy atom. The zero-order valence-corrected chi connectivity index (χ0v) is 15.9. The maximum Gasteiger partial charge on any atom is 0.272 e. The van der Waals surface area contributed by atoms with Gasteiger partial charge in [-0.3, -0.25) is 4.79 Å². The van der Waals surface area contributed by atoms with Crippen molar-refractivity contribution < 1.29 is 4.79 Å². The molecule has 5 heteroatoms. The Bertz CT molecular complexity index is 745. The van der Waals surface area contributed by atoms with Crippen LogP contribution in [0.3, 0.4) is 0 Å². The van der Waals surface area contributed by atoms with Gasteiger partial charge >= 0.3 is 0 Å². The molecule has 2 aromatic rings. The third-order valence-electron chi connectivity index (χ3n) is 5.50. The Kier molecular flexibility index (Phi) is 5.56. The number of carbonyl (C=O) groups excluding carboxylic acids is 1. The van der Waals surface area contributed by atoms with Crippen LogP contribution in [0.1, 0.15) is 49.0 Å². The highest BCUT2D eigenvalue weighted by molar-refractivity contribution is 5.92. The smallest absolute Gasteiger partial charge is 0.272 e. The van der Waals surface area contributed by atoms with Crippen LogP contribution in [0.25, 0.3) is 0 Å². The van der Waals surface area contributed by atoms with E-state index < -0.39 is 0 Å². The van der Waals surface area contributed by atoms with Crippen LogP contribution in [0.5, 0.6) is 0 Å². The van der Waals surface area contributed by atoms with Crippen LogP contribution in [-0.2, 0) is 0 Å². The zero-order chi connectivity index (χ0) is 18.5. The summed E-state index contributed by atoms with van der Waals surface area (Å²) in [6.07, 6.45) is 9.08. The number of hydrogen-bond donors (Lipinski definition) is 1. The summed E-state index contributed by atoms with van der Waals surface area (Å²) in [6.45, 7) is 4.01. The average Bonchev–Trinajstić information content (AvgIpc) is 2.76. The van der Waals surface area contributed by atoms with Crippen molar-refractivity contribution in [3.05, 3.63) is 48.3 Å². The highest BCUT2D eigenvalue weighted by atomic mass is 16.2. The van der Waals surface area contributed by atoms with Crippen molar-refractivity contribution in [2.45, 2.75) is 38.5 Å². The number of anilines is 3. The van der Waals surface area contributed by atoms with Crippen molar-refractivity contribution in [3.63, 3.8) is 0 Å². The molecule has 1 aromatic heterocycles. The third kappa shape index (κ3) is 4.41. The van der Waals surface area contributed by atoms with Crippen LogP contribution in [0.2, 0.25) is 0 Å². The van der Waals surface area contributed by atoms with Gasteiger partial charge in [-0.1, -0.05) is 0 Å². The first kappa shape index (κ1) is 17.8. The van der Waals surface area contributed by atoms with Crippen LogP contribution in [0.4, 0.5) is 17.1 Å². The van der Waals surface area contributed by atoms with Gasteiger partial charge in [0.1, 0.15) is 5.69 Å². The monoisotopic (exact) mass is 364 g/mol. The van der Waals surface area contributed by atoms with Crippen molar-refractivity contribution in [2.24, 2.45) is 0 Å². The Balaban J connectivity index is 1.37. The largest absolute Gasteiger partial charge is 0.372 e. The lowest BCUT2D eigenvalue weighted by atomic mass is 10.1. The lowest BCUT2D eigenvalue weighted by Gasteiger charge is -2.28. The van der Waals surface area contributed by atoms with Gasteiger partial charge in [0, 0.05) is 37.6 Å². The van der Waals surface area contributed by atoms with Gasteiger partial charge in [0.05, 0.1) is 11.9 Å². The molecule has 0 aliphatic carbocycles. The Hall–Kier alpha value is -2.56. The molecular weight excluding hydrogens is 336 g/mol. The molecule has 0 saturated carbocycles. The van der Waals surface area contributed by atoms with E-state index >= 15 is 0 Å². The molecular formula is C22H28N4O. The highest BCUT2D eigenvalue weighted by Crippen LogP contribution is 2.23. The quantitative estimate of drug-likeness (QED) is 0.871. The molecule has 0 spiro atoms. The van der Waals surface area contributed by atoms with Gasteiger partial charge in [-0.2, -0.15) is 0 Å². The molecule has 2 saturated heterocycles. The normalized spacial score (nSPS) is 17.6. The van der Waals surface area contributed by atoms with Crippen LogP contribution in [0.15, 0.2) is 42.6 Å². The second kappa shape index (κ2) is 8.42. The van der Waals surface area contributed by atoms with E-state index in [1.807, 2.05) is 17.0 Å². The van der Waals surface area contributed by atoms with Crippen LogP contribution in [0, 0.1) is 0 Å². The first-order chi connectivity index (χ1) is 13.3. The fourth-order valence-corrected chi connectivity index (χ4v) is 3.93. The molecule has 5 nitrogen and oxygen atoms in total. The molecule has 1 aromatic carbocycles. The van der Waals surface area contributed by atoms with Crippen LogP contribution >= 0.6 is 0 Å². The van der Waals surface area contributed by atoms with Crippen molar-refractivity contribution in [1.82, 2.24) is 9.88 Å². The van der Waals surface area contributed by atoms with Gasteiger partial charge in [0.25, 0.3) is 5.91 Å². The summed E-state index contributed by atoms with van der Waals surface area (Å²) in [5.74, 6) is 0.0483. The maximum absolute atomic E-state index is 12.5. The number of nitrogens with one attached hydrogen (secondary N) is 1. The second-order valence-electron chi connectivity index (χ2n) is 7.50. The number of rotatable bonds is 4. The first-order valence-corrected chi connectivity index (χ1v) is 10.2. The number of pyridine rings is 1. The molecule has 2 aliphatic heterocycles. The first-order valence-electron chi connectivity index (χ1n) is 10.2. The van der Waals surface area contributed by atoms with E-state index in [0.717, 1.165) is 50.4 Å². The van der Waals surface area contributed by atoms with Crippen molar-refractivity contribution in [2.75, 3.05) is 36.4 Å². The molecule has 1 amide bonds. The molecule has 1 N–H and O–H groups in total. The molecule has 27 heavy (non-hydrogen) atoms. The molecule has 3 heterocycles. The minimum atomic E-state index is 0.0483. The standard InChI is InChI=1S/C22H28N4O/c27-22(26-15-5-2-6-16-26)21-12-9-19(17-23-21)24-18-7-10-20(11-8-18)25-13-3-1-4-14-25/h7-12,17,24H,1-6,13-16H2. The number of amides is 1. The second-order valence-corrected chi connectivity index (χ2v) is 7.50. The van der Waals surface area contributed by atoms with Gasteiger partial charge < -0.3 is 15.1 Å². The Labute approximate surface area is 161 Å². The van der Waals surface area contributed by atoms with E-state index in [1.165, 1.54) is 31.4 Å². The molecule has 142 valence electrons. The summed E-state index contributed by atoms with van der Waals surface area (Å²) in [5, 5.41) is 3.37. The predicted molar refractivity (Wildman–Crippen MR) is 110 cm³/mol. The van der Waals surface area contributed by atoms with Gasteiger partial charge in [-0.25, -0.2) is 4.98 Å². The minimum Gasteiger partial charge on any atom is -0.372 e. The van der Waals surface area contributed by atoms with E-state index in [-0.39, 0.29) is 5.91 Å². The van der Waals surface area contributed by atoms with Gasteiger partial charge in [-0.05, 0) is 74.9 Å². The molecule has 0 bridgehead atoms. The highest BCUT2D eigenvalue weighted by Gasteiger charge is 2.19. The van der Waals surface area contributed by atoms with E-state index in [4.69, 9.17) is 0 Å². The minimum absolute atomic E-state index is 0.0483. The number of benzene rings is 1. The van der Waals surface area contributed by atoms with Gasteiger partial charge in [0.15, 0.2) is 0 Å². The number of carbonyl (C=O) groups is 1. The fourth-order valence-electron chi connectivity index (χ4n) is 3.93. The molecule has 0 unspecified atom stereocenters. The van der Waals surface area contributed by atoms with E-state index in [0.29, 0.717) is 5.69 Å². The molecule has 2 aliphatic rings. The van der Waals surface area contributed by atoms with E-state index in [2.05, 4.69) is 39.5 Å². The Morgan fingerprint density at radius 2 is 1.41 bits per heavy atom. The van der Waals surface area contributed by atoms with Gasteiger partial charge in [-0.15, -0.1) is 0 Å². The molecule has 4 rings (SSSR count). The number of piperidine rings is 2. The lowest BCUT2D eigenvalue weighted by Crippen LogP contribution is -2.36. The van der Waals surface area contributed by atoms with E-state index in [9.17, 15) is 4.79 Å². The van der Waals surface area contributed by atoms with Crippen molar-refractivity contribution >= 4 is 23.0 Å². The van der Waals surface area contributed by atoms with Crippen LogP contribution in [-0.4, -0.2) is 42.0 Å².